The Kier molecular flexibility index (Phi) is 7.98. The van der Waals surface area contributed by atoms with Crippen molar-refractivity contribution in [3.63, 3.8) is 0 Å². The zero-order chi connectivity index (χ0) is 25.6. The fraction of sp³-hybridized carbons (Fsp3) is 0.200. The highest BCUT2D eigenvalue weighted by Crippen LogP contribution is 2.26. The van der Waals surface area contributed by atoms with E-state index in [-0.39, 0.29) is 21.8 Å². The first-order chi connectivity index (χ1) is 16.7. The number of anilines is 1. The number of Topliss-reactive ketones (excluding diaryl/α,β-unsaturated/α-hetero) is 1. The third-order valence-corrected chi connectivity index (χ3v) is 6.99. The van der Waals surface area contributed by atoms with Crippen LogP contribution < -0.4 is 18.5 Å². The first-order valence-corrected chi connectivity index (χ1v) is 11.8. The summed E-state index contributed by atoms with van der Waals surface area (Å²) >= 11 is 0. The minimum atomic E-state index is -3.97. The number of hydrogen-bond acceptors (Lipinski definition) is 8. The molecule has 0 aliphatic rings. The molecule has 0 aliphatic carbocycles. The van der Waals surface area contributed by atoms with E-state index in [2.05, 4.69) is 0 Å². The van der Waals surface area contributed by atoms with Gasteiger partial charge in [-0.3, -0.25) is 9.10 Å². The molecule has 0 radical (unpaired) electrons. The third kappa shape index (κ3) is 5.72. The van der Waals surface area contributed by atoms with Crippen molar-refractivity contribution >= 4 is 27.5 Å². The summed E-state index contributed by atoms with van der Waals surface area (Å²) < 4.78 is 47.8. The molecule has 0 fully saturated rings. The van der Waals surface area contributed by atoms with Crippen molar-refractivity contribution < 1.29 is 37.0 Å². The summed E-state index contributed by atoms with van der Waals surface area (Å²) in [6.45, 7) is -0.551. The predicted octanol–water partition coefficient (Wildman–Crippen LogP) is 3.58. The zero-order valence-corrected chi connectivity index (χ0v) is 20.5. The predicted molar refractivity (Wildman–Crippen MR) is 129 cm³/mol. The van der Waals surface area contributed by atoms with Gasteiger partial charge < -0.3 is 18.9 Å². The SMILES string of the molecule is COc1ccc(N(C)S(=O)(=O)c2cccc(C(=O)OCC(=O)c3ccc(OC)cc3OC)c2)cc1. The monoisotopic (exact) mass is 499 g/mol. The van der Waals surface area contributed by atoms with Crippen LogP contribution in [-0.4, -0.2) is 55.2 Å². The van der Waals surface area contributed by atoms with Crippen LogP contribution in [0.25, 0.3) is 0 Å². The molecule has 35 heavy (non-hydrogen) atoms. The van der Waals surface area contributed by atoms with E-state index in [0.717, 1.165) is 4.31 Å². The molecule has 0 heterocycles. The lowest BCUT2D eigenvalue weighted by atomic mass is 10.1. The smallest absolute Gasteiger partial charge is 0.338 e. The van der Waals surface area contributed by atoms with Gasteiger partial charge in [0.25, 0.3) is 10.0 Å². The molecule has 3 rings (SSSR count). The van der Waals surface area contributed by atoms with Crippen LogP contribution in [-0.2, 0) is 14.8 Å². The van der Waals surface area contributed by atoms with Gasteiger partial charge in [-0.05, 0) is 54.6 Å². The first kappa shape index (κ1) is 25.6. The van der Waals surface area contributed by atoms with Gasteiger partial charge in [-0.2, -0.15) is 0 Å². The molecule has 0 unspecified atom stereocenters. The van der Waals surface area contributed by atoms with E-state index in [0.29, 0.717) is 17.2 Å². The Morgan fingerprint density at radius 2 is 1.49 bits per heavy atom. The fourth-order valence-electron chi connectivity index (χ4n) is 3.19. The first-order valence-electron chi connectivity index (χ1n) is 10.4. The molecule has 0 N–H and O–H groups in total. The maximum Gasteiger partial charge on any atom is 0.338 e. The van der Waals surface area contributed by atoms with Crippen LogP contribution in [0.3, 0.4) is 0 Å². The van der Waals surface area contributed by atoms with E-state index >= 15 is 0 Å². The second kappa shape index (κ2) is 10.9. The lowest BCUT2D eigenvalue weighted by molar-refractivity contribution is 0.0473. The van der Waals surface area contributed by atoms with Crippen LogP contribution in [0.4, 0.5) is 5.69 Å². The molecule has 184 valence electrons. The summed E-state index contributed by atoms with van der Waals surface area (Å²) in [5, 5.41) is 0. The van der Waals surface area contributed by atoms with Gasteiger partial charge in [0.2, 0.25) is 5.78 Å². The van der Waals surface area contributed by atoms with E-state index in [1.807, 2.05) is 0 Å². The number of rotatable bonds is 10. The minimum absolute atomic E-state index is 0.0105. The van der Waals surface area contributed by atoms with Crippen molar-refractivity contribution in [2.75, 3.05) is 39.3 Å². The Hall–Kier alpha value is -4.05. The van der Waals surface area contributed by atoms with Crippen molar-refractivity contribution in [2.45, 2.75) is 4.90 Å². The quantitative estimate of drug-likeness (QED) is 0.308. The summed E-state index contributed by atoms with van der Waals surface area (Å²) in [5.74, 6) is 0.0510. The lowest BCUT2D eigenvalue weighted by Gasteiger charge is -2.20. The van der Waals surface area contributed by atoms with Gasteiger partial charge >= 0.3 is 5.97 Å². The molecule has 0 saturated carbocycles. The van der Waals surface area contributed by atoms with E-state index in [1.165, 1.54) is 58.7 Å². The second-order valence-electron chi connectivity index (χ2n) is 7.26. The fourth-order valence-corrected chi connectivity index (χ4v) is 4.44. The second-order valence-corrected chi connectivity index (χ2v) is 9.23. The largest absolute Gasteiger partial charge is 0.497 e. The molecule has 0 atom stereocenters. The van der Waals surface area contributed by atoms with Gasteiger partial charge in [0.15, 0.2) is 6.61 Å². The number of carbonyl (C=O) groups excluding carboxylic acids is 2. The Bertz CT molecular complexity index is 1320. The van der Waals surface area contributed by atoms with E-state index in [1.54, 1.807) is 36.4 Å². The summed E-state index contributed by atoms with van der Waals surface area (Å²) in [6, 6.07) is 16.6. The minimum Gasteiger partial charge on any atom is -0.497 e. The highest BCUT2D eigenvalue weighted by atomic mass is 32.2. The lowest BCUT2D eigenvalue weighted by Crippen LogP contribution is -2.26. The average Bonchev–Trinajstić information content (AvgIpc) is 2.90. The van der Waals surface area contributed by atoms with Crippen molar-refractivity contribution in [3.05, 3.63) is 77.9 Å². The van der Waals surface area contributed by atoms with Gasteiger partial charge in [-0.25, -0.2) is 13.2 Å². The Balaban J connectivity index is 1.74. The number of methoxy groups -OCH3 is 3. The van der Waals surface area contributed by atoms with Crippen molar-refractivity contribution in [3.8, 4) is 17.2 Å². The number of benzene rings is 3. The number of sulfonamides is 1. The summed E-state index contributed by atoms with van der Waals surface area (Å²) in [7, 11) is 1.85. The molecule has 9 nitrogen and oxygen atoms in total. The highest BCUT2D eigenvalue weighted by molar-refractivity contribution is 7.92. The van der Waals surface area contributed by atoms with E-state index < -0.39 is 28.4 Å². The van der Waals surface area contributed by atoms with E-state index in [4.69, 9.17) is 18.9 Å². The molecule has 10 heteroatoms. The Morgan fingerprint density at radius 3 is 2.11 bits per heavy atom. The topological polar surface area (TPSA) is 108 Å². The van der Waals surface area contributed by atoms with E-state index in [9.17, 15) is 18.0 Å². The molecule has 0 spiro atoms. The maximum atomic E-state index is 13.1. The van der Waals surface area contributed by atoms with Gasteiger partial charge in [0.1, 0.15) is 17.2 Å². The van der Waals surface area contributed by atoms with Gasteiger partial charge in [-0.15, -0.1) is 0 Å². The molecule has 0 aliphatic heterocycles. The number of hydrogen-bond donors (Lipinski definition) is 0. The zero-order valence-electron chi connectivity index (χ0n) is 19.7. The standard InChI is InChI=1S/C25H25NO8S/c1-26(18-8-10-19(31-2)11-9-18)35(29,30)21-7-5-6-17(14-21)25(28)34-16-23(27)22-13-12-20(32-3)15-24(22)33-4/h5-15H,16H2,1-4H3. The van der Waals surface area contributed by atoms with Crippen LogP contribution in [0.5, 0.6) is 17.2 Å². The van der Waals surface area contributed by atoms with Gasteiger partial charge in [0, 0.05) is 13.1 Å². The highest BCUT2D eigenvalue weighted by Gasteiger charge is 2.23. The molecule has 0 aromatic heterocycles. The van der Waals surface area contributed by atoms with Crippen molar-refractivity contribution in [1.82, 2.24) is 0 Å². The molecule has 3 aromatic carbocycles. The number of esters is 1. The molecule has 0 bridgehead atoms. The molecule has 3 aromatic rings. The molecular weight excluding hydrogens is 474 g/mol. The number of ketones is 1. The summed E-state index contributed by atoms with van der Waals surface area (Å²) in [4.78, 5) is 25.0. The molecule has 0 amide bonds. The van der Waals surface area contributed by atoms with Crippen LogP contribution in [0, 0.1) is 0 Å². The van der Waals surface area contributed by atoms with Crippen LogP contribution >= 0.6 is 0 Å². The summed E-state index contributed by atoms with van der Waals surface area (Å²) in [5.41, 5.74) is 0.625. The molecular formula is C25H25NO8S. The summed E-state index contributed by atoms with van der Waals surface area (Å²) in [6.07, 6.45) is 0. The van der Waals surface area contributed by atoms with Crippen LogP contribution in [0.1, 0.15) is 20.7 Å². The van der Waals surface area contributed by atoms with Crippen LogP contribution in [0.2, 0.25) is 0 Å². The van der Waals surface area contributed by atoms with Crippen molar-refractivity contribution in [2.24, 2.45) is 0 Å². The van der Waals surface area contributed by atoms with Gasteiger partial charge in [0.05, 0.1) is 43.0 Å². The number of carbonyl (C=O) groups is 2. The molecule has 0 saturated heterocycles. The average molecular weight is 500 g/mol. The van der Waals surface area contributed by atoms with Crippen LogP contribution in [0.15, 0.2) is 71.6 Å². The van der Waals surface area contributed by atoms with Gasteiger partial charge in [-0.1, -0.05) is 6.07 Å². The third-order valence-electron chi connectivity index (χ3n) is 5.21. The number of nitrogens with zero attached hydrogens (tertiary/aromatic N) is 1. The normalized spacial score (nSPS) is 10.9. The Labute approximate surface area is 203 Å². The van der Waals surface area contributed by atoms with Crippen molar-refractivity contribution in [1.29, 1.82) is 0 Å². The number of ether oxygens (including phenoxy) is 4. The Morgan fingerprint density at radius 1 is 0.829 bits per heavy atom. The maximum absolute atomic E-state index is 13.1.